The highest BCUT2D eigenvalue weighted by molar-refractivity contribution is 5.75. The second-order valence-electron chi connectivity index (χ2n) is 6.10. The highest BCUT2D eigenvalue weighted by atomic mass is 16.1. The molecule has 1 saturated carbocycles. The lowest BCUT2D eigenvalue weighted by molar-refractivity contribution is -0.121. The predicted octanol–water partition coefficient (Wildman–Crippen LogP) is 3.37. The first-order chi connectivity index (χ1) is 9.22. The van der Waals surface area contributed by atoms with Crippen molar-refractivity contribution in [2.75, 3.05) is 6.54 Å². The van der Waals surface area contributed by atoms with E-state index in [2.05, 4.69) is 12.2 Å². The van der Waals surface area contributed by atoms with Crippen LogP contribution in [0.15, 0.2) is 0 Å². The lowest BCUT2D eigenvalue weighted by Crippen LogP contribution is -2.28. The Balaban J connectivity index is 1.97. The molecule has 0 aromatic heterocycles. The molecular formula is C16H32N2O. The molecule has 1 aliphatic carbocycles. The molecule has 1 atom stereocenters. The molecule has 3 heteroatoms. The molecule has 0 unspecified atom stereocenters. The van der Waals surface area contributed by atoms with E-state index in [-0.39, 0.29) is 5.91 Å². The van der Waals surface area contributed by atoms with Gasteiger partial charge in [-0.15, -0.1) is 0 Å². The zero-order valence-electron chi connectivity index (χ0n) is 12.6. The minimum atomic E-state index is 0.197. The standard InChI is InChI=1S/C16H32N2O/c1-2-3-11-16(19)18-12-7-10-15(17)13-14-8-5-4-6-9-14/h14-15H,2-13,17H2,1H3,(H,18,19)/t15-/m1/s1. The van der Waals surface area contributed by atoms with Crippen molar-refractivity contribution in [2.45, 2.75) is 83.6 Å². The Kier molecular flexibility index (Phi) is 8.89. The molecule has 112 valence electrons. The SMILES string of the molecule is CCCCC(=O)NCCC[C@@H](N)CC1CCCCC1. The Bertz CT molecular complexity index is 237. The van der Waals surface area contributed by atoms with Crippen LogP contribution in [0.2, 0.25) is 0 Å². The van der Waals surface area contributed by atoms with Crippen LogP contribution < -0.4 is 11.1 Å². The van der Waals surface area contributed by atoms with Gasteiger partial charge in [0.2, 0.25) is 5.91 Å². The second-order valence-corrected chi connectivity index (χ2v) is 6.10. The summed E-state index contributed by atoms with van der Waals surface area (Å²) < 4.78 is 0. The molecule has 19 heavy (non-hydrogen) atoms. The van der Waals surface area contributed by atoms with Crippen LogP contribution in [0.3, 0.4) is 0 Å². The molecular weight excluding hydrogens is 236 g/mol. The van der Waals surface area contributed by atoms with Crippen LogP contribution in [0, 0.1) is 5.92 Å². The topological polar surface area (TPSA) is 55.1 Å². The molecule has 0 aromatic rings. The Labute approximate surface area is 118 Å². The van der Waals surface area contributed by atoms with E-state index in [1.165, 1.54) is 38.5 Å². The van der Waals surface area contributed by atoms with Gasteiger partial charge in [0.05, 0.1) is 0 Å². The molecule has 0 spiro atoms. The van der Waals surface area contributed by atoms with E-state index in [1.54, 1.807) is 0 Å². The van der Waals surface area contributed by atoms with Crippen LogP contribution in [0.5, 0.6) is 0 Å². The van der Waals surface area contributed by atoms with Gasteiger partial charge in [-0.05, 0) is 31.6 Å². The summed E-state index contributed by atoms with van der Waals surface area (Å²) in [6, 6.07) is 0.329. The maximum absolute atomic E-state index is 11.4. The number of unbranched alkanes of at least 4 members (excludes halogenated alkanes) is 1. The van der Waals surface area contributed by atoms with Gasteiger partial charge in [0, 0.05) is 19.0 Å². The van der Waals surface area contributed by atoms with Crippen molar-refractivity contribution < 1.29 is 4.79 Å². The van der Waals surface area contributed by atoms with Gasteiger partial charge in [0.1, 0.15) is 0 Å². The fraction of sp³-hybridized carbons (Fsp3) is 0.938. The number of hydrogen-bond acceptors (Lipinski definition) is 2. The zero-order valence-corrected chi connectivity index (χ0v) is 12.6. The summed E-state index contributed by atoms with van der Waals surface area (Å²) in [5, 5.41) is 2.98. The largest absolute Gasteiger partial charge is 0.356 e. The summed E-state index contributed by atoms with van der Waals surface area (Å²) in [7, 11) is 0. The van der Waals surface area contributed by atoms with Gasteiger partial charge in [0.15, 0.2) is 0 Å². The van der Waals surface area contributed by atoms with Crippen LogP contribution >= 0.6 is 0 Å². The first kappa shape index (κ1) is 16.5. The van der Waals surface area contributed by atoms with Gasteiger partial charge in [-0.2, -0.15) is 0 Å². The van der Waals surface area contributed by atoms with Crippen molar-refractivity contribution in [2.24, 2.45) is 11.7 Å². The quantitative estimate of drug-likeness (QED) is 0.630. The number of nitrogens with one attached hydrogen (secondary N) is 1. The first-order valence-electron chi connectivity index (χ1n) is 8.24. The molecule has 0 aromatic carbocycles. The van der Waals surface area contributed by atoms with Crippen molar-refractivity contribution in [1.82, 2.24) is 5.32 Å². The molecule has 0 heterocycles. The molecule has 1 amide bonds. The summed E-state index contributed by atoms with van der Waals surface area (Å²) in [5.41, 5.74) is 6.19. The summed E-state index contributed by atoms with van der Waals surface area (Å²) in [6.45, 7) is 2.90. The summed E-state index contributed by atoms with van der Waals surface area (Å²) in [4.78, 5) is 11.4. The number of nitrogens with two attached hydrogens (primary N) is 1. The third-order valence-corrected chi connectivity index (χ3v) is 4.19. The zero-order chi connectivity index (χ0) is 13.9. The highest BCUT2D eigenvalue weighted by Crippen LogP contribution is 2.27. The minimum absolute atomic E-state index is 0.197. The van der Waals surface area contributed by atoms with Gasteiger partial charge in [-0.1, -0.05) is 45.4 Å². The molecule has 0 bridgehead atoms. The highest BCUT2D eigenvalue weighted by Gasteiger charge is 2.16. The van der Waals surface area contributed by atoms with Crippen LogP contribution in [-0.2, 0) is 4.79 Å². The van der Waals surface area contributed by atoms with Gasteiger partial charge in [0.25, 0.3) is 0 Å². The summed E-state index contributed by atoms with van der Waals surface area (Å²) in [6.07, 6.45) is 13.0. The number of carbonyl (C=O) groups excluding carboxylic acids is 1. The Morgan fingerprint density at radius 1 is 1.26 bits per heavy atom. The third-order valence-electron chi connectivity index (χ3n) is 4.19. The molecule has 0 saturated heterocycles. The van der Waals surface area contributed by atoms with Gasteiger partial charge >= 0.3 is 0 Å². The van der Waals surface area contributed by atoms with Crippen molar-refractivity contribution in [3.63, 3.8) is 0 Å². The van der Waals surface area contributed by atoms with E-state index in [0.717, 1.165) is 38.1 Å². The smallest absolute Gasteiger partial charge is 0.219 e. The number of carbonyl (C=O) groups is 1. The number of hydrogen-bond donors (Lipinski definition) is 2. The molecule has 1 aliphatic rings. The summed E-state index contributed by atoms with van der Waals surface area (Å²) in [5.74, 6) is 1.06. The fourth-order valence-corrected chi connectivity index (χ4v) is 2.99. The Hall–Kier alpha value is -0.570. The molecule has 3 nitrogen and oxygen atoms in total. The fourth-order valence-electron chi connectivity index (χ4n) is 2.99. The van der Waals surface area contributed by atoms with E-state index in [4.69, 9.17) is 5.73 Å². The average molecular weight is 268 g/mol. The number of amides is 1. The lowest BCUT2D eigenvalue weighted by Gasteiger charge is -2.24. The molecule has 1 rings (SSSR count). The third kappa shape index (κ3) is 8.25. The van der Waals surface area contributed by atoms with E-state index in [0.29, 0.717) is 12.5 Å². The molecule has 0 radical (unpaired) electrons. The monoisotopic (exact) mass is 268 g/mol. The maximum atomic E-state index is 11.4. The Morgan fingerprint density at radius 2 is 2.00 bits per heavy atom. The van der Waals surface area contributed by atoms with Crippen molar-refractivity contribution >= 4 is 5.91 Å². The minimum Gasteiger partial charge on any atom is -0.356 e. The lowest BCUT2D eigenvalue weighted by atomic mass is 9.84. The normalized spacial score (nSPS) is 18.2. The van der Waals surface area contributed by atoms with Crippen molar-refractivity contribution in [3.05, 3.63) is 0 Å². The average Bonchev–Trinajstić information content (AvgIpc) is 2.42. The first-order valence-corrected chi connectivity index (χ1v) is 8.24. The van der Waals surface area contributed by atoms with Gasteiger partial charge in [-0.3, -0.25) is 4.79 Å². The van der Waals surface area contributed by atoms with Crippen LogP contribution in [0.4, 0.5) is 0 Å². The van der Waals surface area contributed by atoms with Gasteiger partial charge < -0.3 is 11.1 Å². The maximum Gasteiger partial charge on any atom is 0.219 e. The van der Waals surface area contributed by atoms with E-state index in [1.807, 2.05) is 0 Å². The van der Waals surface area contributed by atoms with Crippen LogP contribution in [-0.4, -0.2) is 18.5 Å². The Morgan fingerprint density at radius 3 is 2.68 bits per heavy atom. The van der Waals surface area contributed by atoms with Gasteiger partial charge in [-0.25, -0.2) is 0 Å². The van der Waals surface area contributed by atoms with Crippen molar-refractivity contribution in [1.29, 1.82) is 0 Å². The van der Waals surface area contributed by atoms with Crippen LogP contribution in [0.1, 0.15) is 77.6 Å². The number of rotatable bonds is 9. The van der Waals surface area contributed by atoms with E-state index < -0.39 is 0 Å². The summed E-state index contributed by atoms with van der Waals surface area (Å²) >= 11 is 0. The molecule has 1 fully saturated rings. The molecule has 0 aliphatic heterocycles. The molecule has 3 N–H and O–H groups in total. The van der Waals surface area contributed by atoms with E-state index >= 15 is 0 Å². The van der Waals surface area contributed by atoms with E-state index in [9.17, 15) is 4.79 Å². The van der Waals surface area contributed by atoms with Crippen molar-refractivity contribution in [3.8, 4) is 0 Å². The second kappa shape index (κ2) is 10.2. The van der Waals surface area contributed by atoms with Crippen LogP contribution in [0.25, 0.3) is 0 Å². The predicted molar refractivity (Wildman–Crippen MR) is 80.9 cm³/mol.